The largest absolute Gasteiger partial charge is 0.460 e. The summed E-state index contributed by atoms with van der Waals surface area (Å²) in [7, 11) is 0. The first-order valence-corrected chi connectivity index (χ1v) is 6.41. The van der Waals surface area contributed by atoms with E-state index in [1.807, 2.05) is 18.2 Å². The first-order chi connectivity index (χ1) is 8.83. The summed E-state index contributed by atoms with van der Waals surface area (Å²) in [6, 6.07) is 9.45. The van der Waals surface area contributed by atoms with Crippen molar-refractivity contribution < 1.29 is 14.3 Å². The lowest BCUT2D eigenvalue weighted by atomic mass is 10.2. The second-order valence-corrected chi connectivity index (χ2v) is 4.84. The predicted octanol–water partition coefficient (Wildman–Crippen LogP) is 1.32. The van der Waals surface area contributed by atoms with E-state index in [9.17, 15) is 4.79 Å². The molecule has 2 aliphatic rings. The fourth-order valence-corrected chi connectivity index (χ4v) is 2.67. The average molecular weight is 247 g/mol. The molecule has 0 radical (unpaired) electrons. The molecule has 0 amide bonds. The van der Waals surface area contributed by atoms with Gasteiger partial charge in [-0.05, 0) is 18.6 Å². The molecule has 2 heterocycles. The van der Waals surface area contributed by atoms with Crippen molar-refractivity contribution in [2.45, 2.75) is 18.6 Å². The zero-order chi connectivity index (χ0) is 12.4. The Morgan fingerprint density at radius 3 is 3.00 bits per heavy atom. The van der Waals surface area contributed by atoms with Gasteiger partial charge in [0.05, 0.1) is 18.3 Å². The molecular weight excluding hydrogens is 230 g/mol. The molecule has 0 N–H and O–H groups in total. The Morgan fingerprint density at radius 1 is 1.39 bits per heavy atom. The number of carbonyl (C=O) groups excluding carboxylic acids is 1. The summed E-state index contributed by atoms with van der Waals surface area (Å²) in [5.74, 6) is -0.237. The van der Waals surface area contributed by atoms with Gasteiger partial charge in [0.1, 0.15) is 6.61 Å². The van der Waals surface area contributed by atoms with E-state index in [0.29, 0.717) is 24.3 Å². The van der Waals surface area contributed by atoms with Crippen molar-refractivity contribution in [3.05, 3.63) is 35.9 Å². The Hall–Kier alpha value is -1.39. The molecule has 2 fully saturated rings. The maximum absolute atomic E-state index is 11.8. The van der Waals surface area contributed by atoms with Crippen LogP contribution in [0.1, 0.15) is 16.8 Å². The van der Waals surface area contributed by atoms with E-state index >= 15 is 0 Å². The lowest BCUT2D eigenvalue weighted by Crippen LogP contribution is -2.39. The van der Waals surface area contributed by atoms with Crippen LogP contribution in [0, 0.1) is 0 Å². The van der Waals surface area contributed by atoms with Crippen LogP contribution in [0.5, 0.6) is 0 Å². The van der Waals surface area contributed by atoms with Gasteiger partial charge in [-0.2, -0.15) is 0 Å². The van der Waals surface area contributed by atoms with Crippen LogP contribution < -0.4 is 0 Å². The van der Waals surface area contributed by atoms with E-state index in [1.165, 1.54) is 0 Å². The van der Waals surface area contributed by atoms with E-state index in [0.717, 1.165) is 26.1 Å². The fraction of sp³-hybridized carbons (Fsp3) is 0.500. The van der Waals surface area contributed by atoms with Crippen molar-refractivity contribution in [1.29, 1.82) is 0 Å². The first kappa shape index (κ1) is 11.7. The standard InChI is InChI=1S/C14H17NO3/c16-14(11-4-2-1-3-5-11)18-10-12-8-13-9-15(12)6-7-17-13/h1-5,12-13H,6-10H2. The van der Waals surface area contributed by atoms with Crippen LogP contribution in [0.25, 0.3) is 0 Å². The molecule has 4 heteroatoms. The lowest BCUT2D eigenvalue weighted by Gasteiger charge is -2.25. The highest BCUT2D eigenvalue weighted by molar-refractivity contribution is 5.89. The van der Waals surface area contributed by atoms with E-state index in [4.69, 9.17) is 9.47 Å². The molecular formula is C14H17NO3. The number of carbonyl (C=O) groups is 1. The van der Waals surface area contributed by atoms with Gasteiger partial charge in [0.2, 0.25) is 0 Å². The molecule has 0 aliphatic carbocycles. The minimum Gasteiger partial charge on any atom is -0.460 e. The maximum atomic E-state index is 11.8. The molecule has 2 aliphatic heterocycles. The molecule has 3 unspecified atom stereocenters. The minimum absolute atomic E-state index is 0.237. The van der Waals surface area contributed by atoms with Crippen LogP contribution in [-0.2, 0) is 9.47 Å². The Labute approximate surface area is 106 Å². The molecule has 0 spiro atoms. The van der Waals surface area contributed by atoms with Gasteiger partial charge in [-0.1, -0.05) is 18.2 Å². The zero-order valence-electron chi connectivity index (χ0n) is 10.2. The molecule has 2 saturated heterocycles. The number of esters is 1. The van der Waals surface area contributed by atoms with Crippen molar-refractivity contribution in [1.82, 2.24) is 4.90 Å². The third kappa shape index (κ3) is 2.40. The highest BCUT2D eigenvalue weighted by Gasteiger charge is 2.36. The third-order valence-electron chi connectivity index (χ3n) is 3.64. The third-order valence-corrected chi connectivity index (χ3v) is 3.64. The maximum Gasteiger partial charge on any atom is 0.338 e. The van der Waals surface area contributed by atoms with Gasteiger partial charge in [-0.3, -0.25) is 4.90 Å². The molecule has 0 saturated carbocycles. The van der Waals surface area contributed by atoms with Gasteiger partial charge in [-0.15, -0.1) is 0 Å². The number of nitrogens with zero attached hydrogens (tertiary/aromatic N) is 1. The van der Waals surface area contributed by atoms with Gasteiger partial charge >= 0.3 is 5.97 Å². The highest BCUT2D eigenvalue weighted by atomic mass is 16.5. The van der Waals surface area contributed by atoms with Crippen LogP contribution in [0.4, 0.5) is 0 Å². The minimum atomic E-state index is -0.237. The van der Waals surface area contributed by atoms with Crippen molar-refractivity contribution in [2.75, 3.05) is 26.3 Å². The van der Waals surface area contributed by atoms with Gasteiger partial charge in [0.25, 0.3) is 0 Å². The summed E-state index contributed by atoms with van der Waals surface area (Å²) in [5, 5.41) is 0. The predicted molar refractivity (Wildman–Crippen MR) is 66.4 cm³/mol. The van der Waals surface area contributed by atoms with Gasteiger partial charge < -0.3 is 9.47 Å². The summed E-state index contributed by atoms with van der Waals surface area (Å²) in [6.45, 7) is 3.19. The molecule has 96 valence electrons. The number of hydrogen-bond donors (Lipinski definition) is 0. The van der Waals surface area contributed by atoms with Crippen LogP contribution in [0.15, 0.2) is 30.3 Å². The fourth-order valence-electron chi connectivity index (χ4n) is 2.67. The first-order valence-electron chi connectivity index (χ1n) is 6.41. The summed E-state index contributed by atoms with van der Waals surface area (Å²) in [5.41, 5.74) is 0.615. The molecule has 1 aromatic carbocycles. The average Bonchev–Trinajstić information content (AvgIpc) is 2.71. The smallest absolute Gasteiger partial charge is 0.338 e. The van der Waals surface area contributed by atoms with Crippen LogP contribution in [0.3, 0.4) is 0 Å². The van der Waals surface area contributed by atoms with Crippen LogP contribution in [-0.4, -0.2) is 49.3 Å². The Balaban J connectivity index is 1.54. The molecule has 3 rings (SSSR count). The molecule has 2 bridgehead atoms. The normalized spacial score (nSPS) is 30.1. The molecule has 18 heavy (non-hydrogen) atoms. The van der Waals surface area contributed by atoms with Crippen molar-refractivity contribution in [2.24, 2.45) is 0 Å². The van der Waals surface area contributed by atoms with Gasteiger partial charge in [0.15, 0.2) is 0 Å². The summed E-state index contributed by atoms with van der Waals surface area (Å²) in [4.78, 5) is 14.2. The van der Waals surface area contributed by atoms with Crippen molar-refractivity contribution in [3.63, 3.8) is 0 Å². The van der Waals surface area contributed by atoms with Crippen LogP contribution in [0.2, 0.25) is 0 Å². The Bertz CT molecular complexity index is 420. The SMILES string of the molecule is O=C(OCC1CC2CN1CCO2)c1ccccc1. The number of rotatable bonds is 3. The van der Waals surface area contributed by atoms with E-state index < -0.39 is 0 Å². The number of hydrogen-bond acceptors (Lipinski definition) is 4. The van der Waals surface area contributed by atoms with E-state index in [-0.39, 0.29) is 5.97 Å². The summed E-state index contributed by atoms with van der Waals surface area (Å²) >= 11 is 0. The Morgan fingerprint density at radius 2 is 2.22 bits per heavy atom. The number of ether oxygens (including phenoxy) is 2. The number of morpholine rings is 1. The van der Waals surface area contributed by atoms with Crippen LogP contribution >= 0.6 is 0 Å². The highest BCUT2D eigenvalue weighted by Crippen LogP contribution is 2.24. The lowest BCUT2D eigenvalue weighted by molar-refractivity contribution is 0.0105. The number of fused-ring (bicyclic) bond motifs is 2. The quantitative estimate of drug-likeness (QED) is 0.755. The Kier molecular flexibility index (Phi) is 3.30. The monoisotopic (exact) mass is 247 g/mol. The zero-order valence-corrected chi connectivity index (χ0v) is 10.2. The second-order valence-electron chi connectivity index (χ2n) is 4.84. The van der Waals surface area contributed by atoms with Gasteiger partial charge in [-0.25, -0.2) is 4.79 Å². The van der Waals surface area contributed by atoms with Gasteiger partial charge in [0, 0.05) is 19.1 Å². The number of benzene rings is 1. The molecule has 3 atom stereocenters. The summed E-state index contributed by atoms with van der Waals surface area (Å²) < 4.78 is 11.0. The van der Waals surface area contributed by atoms with Crippen molar-refractivity contribution in [3.8, 4) is 0 Å². The van der Waals surface area contributed by atoms with Crippen molar-refractivity contribution >= 4 is 5.97 Å². The summed E-state index contributed by atoms with van der Waals surface area (Å²) in [6.07, 6.45) is 1.31. The second kappa shape index (κ2) is 5.08. The topological polar surface area (TPSA) is 38.8 Å². The molecule has 0 aromatic heterocycles. The van der Waals surface area contributed by atoms with E-state index in [2.05, 4.69) is 4.90 Å². The van der Waals surface area contributed by atoms with E-state index in [1.54, 1.807) is 12.1 Å². The molecule has 1 aromatic rings. The molecule has 4 nitrogen and oxygen atoms in total.